The molecular formula is C23H30Cl2N4O4S. The van der Waals surface area contributed by atoms with E-state index in [1.807, 2.05) is 6.92 Å². The average molecular weight is 529 g/mol. The fraction of sp³-hybridized carbons (Fsp3) is 0.391. The van der Waals surface area contributed by atoms with Crippen molar-refractivity contribution in [3.05, 3.63) is 64.1 Å². The van der Waals surface area contributed by atoms with E-state index in [1.165, 1.54) is 19.0 Å². The highest BCUT2D eigenvalue weighted by Gasteiger charge is 2.32. The number of nitrogens with zero attached hydrogens (tertiary/aromatic N) is 3. The van der Waals surface area contributed by atoms with Crippen molar-refractivity contribution in [2.24, 2.45) is 0 Å². The summed E-state index contributed by atoms with van der Waals surface area (Å²) >= 11 is 12.2. The van der Waals surface area contributed by atoms with Crippen molar-refractivity contribution in [3.63, 3.8) is 0 Å². The molecule has 8 nitrogen and oxygen atoms in total. The first-order valence-electron chi connectivity index (χ1n) is 10.7. The highest BCUT2D eigenvalue weighted by molar-refractivity contribution is 7.90. The summed E-state index contributed by atoms with van der Waals surface area (Å²) in [5.41, 5.74) is 0.988. The Morgan fingerprint density at radius 3 is 2.24 bits per heavy atom. The average Bonchev–Trinajstić information content (AvgIpc) is 2.81. The predicted octanol–water partition coefficient (Wildman–Crippen LogP) is 3.55. The molecule has 1 atom stereocenters. The van der Waals surface area contributed by atoms with E-state index >= 15 is 0 Å². The van der Waals surface area contributed by atoms with Gasteiger partial charge in [0.05, 0.1) is 15.7 Å². The van der Waals surface area contributed by atoms with Gasteiger partial charge in [0.25, 0.3) is 0 Å². The number of halogens is 2. The van der Waals surface area contributed by atoms with Gasteiger partial charge in [-0.05, 0) is 43.2 Å². The van der Waals surface area contributed by atoms with Crippen LogP contribution in [0.15, 0.2) is 48.5 Å². The summed E-state index contributed by atoms with van der Waals surface area (Å²) in [5.74, 6) is -0.878. The molecule has 0 spiro atoms. The van der Waals surface area contributed by atoms with Gasteiger partial charge < -0.3 is 10.2 Å². The third-order valence-electron chi connectivity index (χ3n) is 5.12. The van der Waals surface area contributed by atoms with E-state index in [1.54, 1.807) is 55.5 Å². The zero-order chi connectivity index (χ0) is 25.5. The third-order valence-corrected chi connectivity index (χ3v) is 7.68. The minimum atomic E-state index is -3.99. The Hall–Kier alpha value is -2.33. The van der Waals surface area contributed by atoms with Gasteiger partial charge in [-0.25, -0.2) is 4.31 Å². The lowest BCUT2D eigenvalue weighted by atomic mass is 10.1. The lowest BCUT2D eigenvalue weighted by Crippen LogP contribution is -2.52. The van der Waals surface area contributed by atoms with Crippen LogP contribution in [0.2, 0.25) is 10.0 Å². The van der Waals surface area contributed by atoms with Crippen molar-refractivity contribution in [1.82, 2.24) is 14.5 Å². The molecule has 0 aliphatic rings. The standard InChI is InChI=1S/C23H30Cl2N4O4S/c1-5-13-26-23(31)17(2)28(15-18-11-12-20(24)21(25)14-18)22(30)16-29(34(32,33)27(3)4)19-9-7-6-8-10-19/h6-12,14,17H,5,13,15-16H2,1-4H3,(H,26,31)/t17-/m0/s1. The Labute approximate surface area is 211 Å². The lowest BCUT2D eigenvalue weighted by molar-refractivity contribution is -0.139. The molecule has 0 aliphatic carbocycles. The van der Waals surface area contributed by atoms with E-state index in [9.17, 15) is 18.0 Å². The quantitative estimate of drug-likeness (QED) is 0.482. The van der Waals surface area contributed by atoms with Gasteiger partial charge in [0.15, 0.2) is 0 Å². The Morgan fingerprint density at radius 1 is 1.03 bits per heavy atom. The SMILES string of the molecule is CCCNC(=O)[C@H](C)N(Cc1ccc(Cl)c(Cl)c1)C(=O)CN(c1ccccc1)S(=O)(=O)N(C)C. The number of hydrogen-bond acceptors (Lipinski definition) is 4. The van der Waals surface area contributed by atoms with Crippen molar-refractivity contribution in [1.29, 1.82) is 0 Å². The van der Waals surface area contributed by atoms with Crippen molar-refractivity contribution >= 4 is 50.9 Å². The molecule has 0 saturated heterocycles. The number of nitrogens with one attached hydrogen (secondary N) is 1. The number of benzene rings is 2. The highest BCUT2D eigenvalue weighted by atomic mass is 35.5. The first kappa shape index (κ1) is 27.9. The van der Waals surface area contributed by atoms with Gasteiger partial charge in [-0.2, -0.15) is 12.7 Å². The summed E-state index contributed by atoms with van der Waals surface area (Å²) in [7, 11) is -1.20. The fourth-order valence-corrected chi connectivity index (χ4v) is 4.50. The van der Waals surface area contributed by atoms with Crippen LogP contribution in [0.1, 0.15) is 25.8 Å². The molecule has 2 aromatic carbocycles. The Balaban J connectivity index is 2.43. The van der Waals surface area contributed by atoms with Crippen molar-refractivity contribution in [3.8, 4) is 0 Å². The van der Waals surface area contributed by atoms with Crippen LogP contribution in [-0.4, -0.2) is 62.7 Å². The summed E-state index contributed by atoms with van der Waals surface area (Å²) in [6.45, 7) is 3.54. The molecule has 0 aromatic heterocycles. The van der Waals surface area contributed by atoms with Gasteiger partial charge in [0.2, 0.25) is 11.8 Å². The van der Waals surface area contributed by atoms with Crippen molar-refractivity contribution in [2.45, 2.75) is 32.9 Å². The maximum atomic E-state index is 13.5. The van der Waals surface area contributed by atoms with E-state index in [0.717, 1.165) is 15.0 Å². The van der Waals surface area contributed by atoms with E-state index < -0.39 is 28.7 Å². The number of para-hydroxylation sites is 1. The number of anilines is 1. The zero-order valence-electron chi connectivity index (χ0n) is 19.7. The molecular weight excluding hydrogens is 499 g/mol. The number of carbonyl (C=O) groups excluding carboxylic acids is 2. The second kappa shape index (κ2) is 12.4. The minimum Gasteiger partial charge on any atom is -0.354 e. The second-order valence-electron chi connectivity index (χ2n) is 7.87. The molecule has 0 radical (unpaired) electrons. The van der Waals surface area contributed by atoms with Crippen molar-refractivity contribution < 1.29 is 18.0 Å². The van der Waals surface area contributed by atoms with E-state index in [-0.39, 0.29) is 12.5 Å². The Morgan fingerprint density at radius 2 is 1.68 bits per heavy atom. The normalized spacial score (nSPS) is 12.3. The van der Waals surface area contributed by atoms with Gasteiger partial charge in [-0.15, -0.1) is 0 Å². The highest BCUT2D eigenvalue weighted by Crippen LogP contribution is 2.24. The van der Waals surface area contributed by atoms with Crippen LogP contribution in [0.5, 0.6) is 0 Å². The lowest BCUT2D eigenvalue weighted by Gasteiger charge is -2.32. The maximum absolute atomic E-state index is 13.5. The molecule has 34 heavy (non-hydrogen) atoms. The van der Waals surface area contributed by atoms with Gasteiger partial charge >= 0.3 is 10.2 Å². The zero-order valence-corrected chi connectivity index (χ0v) is 22.0. The largest absolute Gasteiger partial charge is 0.354 e. The Bertz CT molecular complexity index is 1100. The fourth-order valence-electron chi connectivity index (χ4n) is 3.12. The molecule has 0 heterocycles. The molecule has 0 bridgehead atoms. The van der Waals surface area contributed by atoms with E-state index in [4.69, 9.17) is 23.2 Å². The van der Waals surface area contributed by atoms with Gasteiger partial charge in [0.1, 0.15) is 12.6 Å². The van der Waals surface area contributed by atoms with Crippen LogP contribution in [-0.2, 0) is 26.3 Å². The van der Waals surface area contributed by atoms with Crippen LogP contribution >= 0.6 is 23.2 Å². The molecule has 0 saturated carbocycles. The molecule has 2 aromatic rings. The van der Waals surface area contributed by atoms with Crippen LogP contribution in [0.3, 0.4) is 0 Å². The van der Waals surface area contributed by atoms with Gasteiger partial charge in [-0.1, -0.05) is 54.4 Å². The smallest absolute Gasteiger partial charge is 0.304 e. The summed E-state index contributed by atoms with van der Waals surface area (Å²) in [5, 5.41) is 3.47. The molecule has 11 heteroatoms. The first-order chi connectivity index (χ1) is 16.0. The number of carbonyl (C=O) groups is 2. The maximum Gasteiger partial charge on any atom is 0.304 e. The third kappa shape index (κ3) is 7.09. The molecule has 2 rings (SSSR count). The predicted molar refractivity (Wildman–Crippen MR) is 136 cm³/mol. The van der Waals surface area contributed by atoms with E-state index in [2.05, 4.69) is 5.32 Å². The monoisotopic (exact) mass is 528 g/mol. The van der Waals surface area contributed by atoms with Crippen molar-refractivity contribution in [2.75, 3.05) is 31.5 Å². The molecule has 0 aliphatic heterocycles. The molecule has 0 unspecified atom stereocenters. The minimum absolute atomic E-state index is 0.0427. The summed E-state index contributed by atoms with van der Waals surface area (Å²) in [6, 6.07) is 12.4. The summed E-state index contributed by atoms with van der Waals surface area (Å²) in [6.07, 6.45) is 0.738. The summed E-state index contributed by atoms with van der Waals surface area (Å²) < 4.78 is 28.1. The van der Waals surface area contributed by atoms with Crippen LogP contribution < -0.4 is 9.62 Å². The topological polar surface area (TPSA) is 90.0 Å². The number of amides is 2. The number of rotatable bonds is 11. The molecule has 1 N–H and O–H groups in total. The summed E-state index contributed by atoms with van der Waals surface area (Å²) in [4.78, 5) is 27.6. The molecule has 2 amide bonds. The molecule has 186 valence electrons. The van der Waals surface area contributed by atoms with Crippen LogP contribution in [0, 0.1) is 0 Å². The number of hydrogen-bond donors (Lipinski definition) is 1. The Kier molecular flexibility index (Phi) is 10.2. The van der Waals surface area contributed by atoms with Crippen LogP contribution in [0.4, 0.5) is 5.69 Å². The second-order valence-corrected chi connectivity index (χ2v) is 10.8. The van der Waals surface area contributed by atoms with Gasteiger partial charge in [0, 0.05) is 27.2 Å². The first-order valence-corrected chi connectivity index (χ1v) is 12.9. The van der Waals surface area contributed by atoms with Crippen LogP contribution in [0.25, 0.3) is 0 Å². The van der Waals surface area contributed by atoms with E-state index in [0.29, 0.717) is 27.8 Å². The molecule has 0 fully saturated rings. The van der Waals surface area contributed by atoms with Gasteiger partial charge in [-0.3, -0.25) is 9.59 Å².